The largest absolute Gasteiger partial charge is 0.478 e. The fraction of sp³-hybridized carbons (Fsp3) is 0.545. The maximum absolute atomic E-state index is 12.4. The molecule has 2 rings (SSSR count). The number of hydrogen-bond acceptors (Lipinski definition) is 4. The summed E-state index contributed by atoms with van der Waals surface area (Å²) in [6.45, 7) is 4.28. The van der Waals surface area contributed by atoms with Crippen LogP contribution in [0.5, 0.6) is 0 Å². The van der Waals surface area contributed by atoms with Crippen LogP contribution in [-0.2, 0) is 10.0 Å². The first-order valence-corrected chi connectivity index (χ1v) is 7.92. The zero-order chi connectivity index (χ0) is 13.6. The topological polar surface area (TPSA) is 74.7 Å². The van der Waals surface area contributed by atoms with Gasteiger partial charge in [-0.15, -0.1) is 11.3 Å². The number of nitrogens with zero attached hydrogens (tertiary/aromatic N) is 1. The third-order valence-electron chi connectivity index (χ3n) is 3.19. The van der Waals surface area contributed by atoms with E-state index in [0.717, 1.165) is 24.2 Å². The van der Waals surface area contributed by atoms with Gasteiger partial charge in [-0.3, -0.25) is 0 Å². The Morgan fingerprint density at radius 2 is 2.17 bits per heavy atom. The molecule has 18 heavy (non-hydrogen) atoms. The molecule has 1 aromatic rings. The summed E-state index contributed by atoms with van der Waals surface area (Å²) in [4.78, 5) is 10.8. The van der Waals surface area contributed by atoms with Gasteiger partial charge in [-0.25, -0.2) is 13.2 Å². The number of carboxylic acid groups (broad SMARTS) is 1. The second-order valence-corrected chi connectivity index (χ2v) is 7.95. The Morgan fingerprint density at radius 1 is 1.50 bits per heavy atom. The Hall–Kier alpha value is -0.920. The number of hydrogen-bond donors (Lipinski definition) is 1. The van der Waals surface area contributed by atoms with Gasteiger partial charge in [-0.1, -0.05) is 0 Å². The molecule has 7 heteroatoms. The molecule has 2 heterocycles. The van der Waals surface area contributed by atoms with Crippen molar-refractivity contribution in [3.8, 4) is 0 Å². The average molecular weight is 289 g/mol. The predicted molar refractivity (Wildman–Crippen MR) is 68.5 cm³/mol. The molecule has 0 atom stereocenters. The Bertz CT molecular complexity index is 574. The normalized spacial score (nSPS) is 20.1. The number of sulfonamides is 1. The fourth-order valence-corrected chi connectivity index (χ4v) is 5.31. The number of rotatable bonds is 3. The van der Waals surface area contributed by atoms with Gasteiger partial charge in [0.2, 0.25) is 0 Å². The quantitative estimate of drug-likeness (QED) is 0.923. The van der Waals surface area contributed by atoms with Crippen molar-refractivity contribution in [2.45, 2.75) is 36.4 Å². The van der Waals surface area contributed by atoms with Gasteiger partial charge in [0.1, 0.15) is 4.21 Å². The highest BCUT2D eigenvalue weighted by Crippen LogP contribution is 2.35. The van der Waals surface area contributed by atoms with Gasteiger partial charge in [-0.2, -0.15) is 4.31 Å². The molecular weight excluding hydrogens is 274 g/mol. The minimum absolute atomic E-state index is 0.0237. The van der Waals surface area contributed by atoms with Crippen molar-refractivity contribution in [2.24, 2.45) is 0 Å². The first kappa shape index (κ1) is 13.5. The van der Waals surface area contributed by atoms with Crippen LogP contribution in [-0.4, -0.2) is 35.9 Å². The summed E-state index contributed by atoms with van der Waals surface area (Å²) in [5.41, 5.74) is -0.373. The van der Waals surface area contributed by atoms with E-state index < -0.39 is 21.5 Å². The molecule has 1 aromatic heterocycles. The fourth-order valence-electron chi connectivity index (χ4n) is 2.20. The Balaban J connectivity index is 2.39. The van der Waals surface area contributed by atoms with Gasteiger partial charge >= 0.3 is 5.97 Å². The van der Waals surface area contributed by atoms with Crippen LogP contribution in [0.15, 0.2) is 15.7 Å². The summed E-state index contributed by atoms with van der Waals surface area (Å²) >= 11 is 0.962. The average Bonchev–Trinajstić information content (AvgIpc) is 2.83. The van der Waals surface area contributed by atoms with Crippen molar-refractivity contribution < 1.29 is 18.3 Å². The second-order valence-electron chi connectivity index (χ2n) is 4.95. The summed E-state index contributed by atoms with van der Waals surface area (Å²) in [6.07, 6.45) is 1.66. The molecule has 0 radical (unpaired) electrons. The summed E-state index contributed by atoms with van der Waals surface area (Å²) in [7, 11) is -3.57. The molecule has 1 fully saturated rings. The molecule has 0 spiro atoms. The van der Waals surface area contributed by atoms with Crippen LogP contribution >= 0.6 is 11.3 Å². The highest BCUT2D eigenvalue weighted by molar-refractivity contribution is 7.91. The van der Waals surface area contributed by atoms with Crippen LogP contribution in [0.25, 0.3) is 0 Å². The van der Waals surface area contributed by atoms with E-state index in [9.17, 15) is 13.2 Å². The van der Waals surface area contributed by atoms with E-state index in [2.05, 4.69) is 0 Å². The van der Waals surface area contributed by atoms with Crippen molar-refractivity contribution in [3.63, 3.8) is 0 Å². The lowest BCUT2D eigenvalue weighted by molar-refractivity contribution is 0.0697. The molecule has 0 unspecified atom stereocenters. The second kappa shape index (κ2) is 4.32. The van der Waals surface area contributed by atoms with Crippen molar-refractivity contribution in [1.29, 1.82) is 0 Å². The SMILES string of the molecule is CC1(C)CCCN1S(=O)(=O)c1cc(C(=O)O)cs1. The minimum atomic E-state index is -3.57. The summed E-state index contributed by atoms with van der Waals surface area (Å²) in [5, 5.41) is 10.2. The van der Waals surface area contributed by atoms with Crippen molar-refractivity contribution in [1.82, 2.24) is 4.31 Å². The number of thiophene rings is 1. The van der Waals surface area contributed by atoms with Crippen molar-refractivity contribution in [3.05, 3.63) is 17.0 Å². The molecule has 0 aromatic carbocycles. The van der Waals surface area contributed by atoms with Crippen LogP contribution < -0.4 is 0 Å². The van der Waals surface area contributed by atoms with E-state index in [1.165, 1.54) is 15.8 Å². The molecule has 0 bridgehead atoms. The van der Waals surface area contributed by atoms with Gasteiger partial charge in [0.25, 0.3) is 10.0 Å². The Labute approximate surface area is 110 Å². The van der Waals surface area contributed by atoms with Gasteiger partial charge in [0, 0.05) is 17.5 Å². The Kier molecular flexibility index (Phi) is 3.25. The third kappa shape index (κ3) is 2.17. The maximum Gasteiger partial charge on any atom is 0.336 e. The molecule has 1 aliphatic rings. The van der Waals surface area contributed by atoms with Crippen LogP contribution in [0.3, 0.4) is 0 Å². The smallest absolute Gasteiger partial charge is 0.336 e. The van der Waals surface area contributed by atoms with Gasteiger partial charge < -0.3 is 5.11 Å². The Morgan fingerprint density at radius 3 is 2.61 bits per heavy atom. The molecular formula is C11H15NO4S2. The van der Waals surface area contributed by atoms with Crippen LogP contribution in [0.2, 0.25) is 0 Å². The van der Waals surface area contributed by atoms with Crippen molar-refractivity contribution >= 4 is 27.3 Å². The number of aromatic carboxylic acids is 1. The lowest BCUT2D eigenvalue weighted by Crippen LogP contribution is -2.42. The van der Waals surface area contributed by atoms with E-state index in [1.54, 1.807) is 0 Å². The van der Waals surface area contributed by atoms with Gasteiger partial charge in [-0.05, 0) is 32.8 Å². The first-order chi connectivity index (χ1) is 8.25. The lowest BCUT2D eigenvalue weighted by atomic mass is 10.0. The first-order valence-electron chi connectivity index (χ1n) is 5.60. The lowest BCUT2D eigenvalue weighted by Gasteiger charge is -2.29. The van der Waals surface area contributed by atoms with Gasteiger partial charge in [0.15, 0.2) is 0 Å². The highest BCUT2D eigenvalue weighted by atomic mass is 32.2. The molecule has 0 saturated carbocycles. The van der Waals surface area contributed by atoms with Gasteiger partial charge in [0.05, 0.1) is 5.56 Å². The minimum Gasteiger partial charge on any atom is -0.478 e. The molecule has 1 N–H and O–H groups in total. The number of carboxylic acids is 1. The third-order valence-corrected chi connectivity index (χ3v) is 6.72. The van der Waals surface area contributed by atoms with E-state index in [1.807, 2.05) is 13.8 Å². The van der Waals surface area contributed by atoms with E-state index in [-0.39, 0.29) is 9.77 Å². The highest BCUT2D eigenvalue weighted by Gasteiger charge is 2.41. The summed E-state index contributed by atoms with van der Waals surface area (Å²) in [5.74, 6) is -1.10. The molecule has 100 valence electrons. The molecule has 1 saturated heterocycles. The monoisotopic (exact) mass is 289 g/mol. The maximum atomic E-state index is 12.4. The molecule has 5 nitrogen and oxygen atoms in total. The van der Waals surface area contributed by atoms with E-state index in [0.29, 0.717) is 6.54 Å². The van der Waals surface area contributed by atoms with Crippen LogP contribution in [0.1, 0.15) is 37.0 Å². The van der Waals surface area contributed by atoms with Crippen LogP contribution in [0.4, 0.5) is 0 Å². The van der Waals surface area contributed by atoms with Crippen LogP contribution in [0, 0.1) is 0 Å². The van der Waals surface area contributed by atoms with Crippen molar-refractivity contribution in [2.75, 3.05) is 6.54 Å². The standard InChI is InChI=1S/C11H15NO4S2/c1-11(2)4-3-5-12(11)18(15,16)9-6-8(7-17-9)10(13)14/h6-7H,3-5H2,1-2H3,(H,13,14). The van der Waals surface area contributed by atoms with E-state index >= 15 is 0 Å². The zero-order valence-electron chi connectivity index (χ0n) is 10.2. The predicted octanol–water partition coefficient (Wildman–Crippen LogP) is 2.01. The molecule has 0 aliphatic carbocycles. The summed E-state index contributed by atoms with van der Waals surface area (Å²) < 4.78 is 26.4. The molecule has 1 aliphatic heterocycles. The molecule has 0 amide bonds. The zero-order valence-corrected chi connectivity index (χ0v) is 11.8. The van der Waals surface area contributed by atoms with E-state index in [4.69, 9.17) is 5.11 Å². The number of carbonyl (C=O) groups is 1. The summed E-state index contributed by atoms with van der Waals surface area (Å²) in [6, 6.07) is 1.23.